The molecule has 1 nitrogen and oxygen atoms in total. The van der Waals surface area contributed by atoms with Gasteiger partial charge in [0.15, 0.2) is 11.5 Å². The van der Waals surface area contributed by atoms with Gasteiger partial charge in [0, 0.05) is 0 Å². The van der Waals surface area contributed by atoms with Gasteiger partial charge in [-0.15, -0.1) is 0 Å². The lowest BCUT2D eigenvalue weighted by Gasteiger charge is -1.97. The molecule has 0 saturated carbocycles. The SMILES string of the molecule is Cc1cc2c(c(C)c1C)O2. The van der Waals surface area contributed by atoms with E-state index in [1.165, 1.54) is 16.7 Å². The average Bonchev–Trinajstić information content (AvgIpc) is 2.62. The average molecular weight is 134 g/mol. The number of benzene rings is 1. The van der Waals surface area contributed by atoms with Crippen LogP contribution < -0.4 is 4.74 Å². The highest BCUT2D eigenvalue weighted by molar-refractivity contribution is 5.63. The van der Waals surface area contributed by atoms with Crippen LogP contribution in [0.3, 0.4) is 0 Å². The summed E-state index contributed by atoms with van der Waals surface area (Å²) in [5, 5.41) is 0. The zero-order valence-corrected chi connectivity index (χ0v) is 6.49. The summed E-state index contributed by atoms with van der Waals surface area (Å²) in [5.74, 6) is 2.17. The van der Waals surface area contributed by atoms with Crippen molar-refractivity contribution in [3.8, 4) is 11.5 Å². The van der Waals surface area contributed by atoms with Gasteiger partial charge < -0.3 is 4.74 Å². The van der Waals surface area contributed by atoms with E-state index in [1.54, 1.807) is 0 Å². The maximum Gasteiger partial charge on any atom is 0.173 e. The van der Waals surface area contributed by atoms with Gasteiger partial charge in [0.25, 0.3) is 0 Å². The summed E-state index contributed by atoms with van der Waals surface area (Å²) < 4.78 is 5.23. The Bertz CT molecular complexity index is 297. The van der Waals surface area contributed by atoms with E-state index < -0.39 is 0 Å². The molecule has 0 radical (unpaired) electrons. The van der Waals surface area contributed by atoms with Gasteiger partial charge in [-0.3, -0.25) is 0 Å². The first kappa shape index (κ1) is 5.78. The van der Waals surface area contributed by atoms with Gasteiger partial charge in [-0.05, 0) is 43.5 Å². The maximum atomic E-state index is 5.23. The minimum atomic E-state index is 1.07. The molecule has 0 aromatic heterocycles. The van der Waals surface area contributed by atoms with E-state index in [4.69, 9.17) is 4.74 Å². The van der Waals surface area contributed by atoms with Crippen LogP contribution in [0.15, 0.2) is 6.07 Å². The lowest BCUT2D eigenvalue weighted by molar-refractivity contribution is 0.646. The lowest BCUT2D eigenvalue weighted by Crippen LogP contribution is -1.79. The van der Waals surface area contributed by atoms with Crippen molar-refractivity contribution in [1.29, 1.82) is 0 Å². The van der Waals surface area contributed by atoms with Crippen LogP contribution in [0.5, 0.6) is 11.5 Å². The summed E-state index contributed by atoms with van der Waals surface area (Å²) in [6.45, 7) is 6.35. The Morgan fingerprint density at radius 3 is 2.50 bits per heavy atom. The standard InChI is InChI=1S/C9H10O/c1-5-4-8-9(10-8)7(3)6(5)2/h4H,1-3H3. The van der Waals surface area contributed by atoms with Gasteiger partial charge in [0.1, 0.15) is 0 Å². The first-order chi connectivity index (χ1) is 4.70. The normalized spacial score (nSPS) is 12.3. The van der Waals surface area contributed by atoms with Gasteiger partial charge in [-0.1, -0.05) is 0 Å². The minimum Gasteiger partial charge on any atom is -0.449 e. The molecule has 1 aliphatic rings. The fourth-order valence-electron chi connectivity index (χ4n) is 1.21. The molecule has 0 spiro atoms. The Morgan fingerprint density at radius 1 is 1.10 bits per heavy atom. The van der Waals surface area contributed by atoms with E-state index >= 15 is 0 Å². The molecule has 0 atom stereocenters. The van der Waals surface area contributed by atoms with Crippen molar-refractivity contribution in [3.63, 3.8) is 0 Å². The van der Waals surface area contributed by atoms with Crippen LogP contribution in [0, 0.1) is 20.8 Å². The van der Waals surface area contributed by atoms with Gasteiger partial charge in [0.05, 0.1) is 0 Å². The van der Waals surface area contributed by atoms with Crippen LogP contribution >= 0.6 is 0 Å². The highest BCUT2D eigenvalue weighted by atomic mass is 16.6. The highest BCUT2D eigenvalue weighted by Gasteiger charge is 2.24. The number of hydrogen-bond donors (Lipinski definition) is 0. The van der Waals surface area contributed by atoms with Crippen molar-refractivity contribution < 1.29 is 4.74 Å². The highest BCUT2D eigenvalue weighted by Crippen LogP contribution is 2.49. The van der Waals surface area contributed by atoms with Gasteiger partial charge in [0.2, 0.25) is 0 Å². The molecule has 0 amide bonds. The Labute approximate surface area is 60.6 Å². The molecular formula is C9H10O. The van der Waals surface area contributed by atoms with Crippen molar-refractivity contribution in [2.75, 3.05) is 0 Å². The molecule has 1 aliphatic heterocycles. The Hall–Kier alpha value is -0.980. The van der Waals surface area contributed by atoms with Crippen molar-refractivity contribution in [2.24, 2.45) is 0 Å². The van der Waals surface area contributed by atoms with Crippen molar-refractivity contribution in [1.82, 2.24) is 0 Å². The lowest BCUT2D eigenvalue weighted by atomic mass is 10.1. The third kappa shape index (κ3) is 0.576. The summed E-state index contributed by atoms with van der Waals surface area (Å²) in [7, 11) is 0. The van der Waals surface area contributed by atoms with E-state index in [2.05, 4.69) is 26.8 Å². The van der Waals surface area contributed by atoms with E-state index in [0.717, 1.165) is 11.5 Å². The molecule has 10 heavy (non-hydrogen) atoms. The first-order valence-corrected chi connectivity index (χ1v) is 3.49. The second-order valence-electron chi connectivity index (χ2n) is 2.87. The smallest absolute Gasteiger partial charge is 0.173 e. The number of rotatable bonds is 0. The summed E-state index contributed by atoms with van der Waals surface area (Å²) >= 11 is 0. The summed E-state index contributed by atoms with van der Waals surface area (Å²) in [6, 6.07) is 2.09. The maximum absolute atomic E-state index is 5.23. The monoisotopic (exact) mass is 134 g/mol. The second kappa shape index (κ2) is 1.54. The summed E-state index contributed by atoms with van der Waals surface area (Å²) in [5.41, 5.74) is 3.99. The van der Waals surface area contributed by atoms with Crippen LogP contribution in [0.4, 0.5) is 0 Å². The zero-order chi connectivity index (χ0) is 7.30. The minimum absolute atomic E-state index is 1.07. The van der Waals surface area contributed by atoms with Gasteiger partial charge in [-0.2, -0.15) is 0 Å². The molecule has 1 aromatic rings. The number of ether oxygens (including phenoxy) is 1. The second-order valence-corrected chi connectivity index (χ2v) is 2.87. The molecule has 0 N–H and O–H groups in total. The molecule has 0 bridgehead atoms. The van der Waals surface area contributed by atoms with Gasteiger partial charge >= 0.3 is 0 Å². The fraction of sp³-hybridized carbons (Fsp3) is 0.333. The molecule has 0 fully saturated rings. The van der Waals surface area contributed by atoms with E-state index in [9.17, 15) is 0 Å². The third-order valence-electron chi connectivity index (χ3n) is 2.24. The number of aryl methyl sites for hydroxylation is 1. The Kier molecular flexibility index (Phi) is 0.890. The molecular weight excluding hydrogens is 124 g/mol. The van der Waals surface area contributed by atoms with Crippen molar-refractivity contribution in [3.05, 3.63) is 22.8 Å². The van der Waals surface area contributed by atoms with E-state index in [1.807, 2.05) is 0 Å². The molecule has 1 aromatic carbocycles. The third-order valence-corrected chi connectivity index (χ3v) is 2.24. The molecule has 0 saturated heterocycles. The zero-order valence-electron chi connectivity index (χ0n) is 6.49. The molecule has 1 heteroatoms. The first-order valence-electron chi connectivity index (χ1n) is 3.49. The fourth-order valence-corrected chi connectivity index (χ4v) is 1.21. The van der Waals surface area contributed by atoms with Crippen molar-refractivity contribution in [2.45, 2.75) is 20.8 Å². The number of fused-ring (bicyclic) bond motifs is 1. The van der Waals surface area contributed by atoms with Crippen LogP contribution in [-0.4, -0.2) is 0 Å². The predicted octanol–water partition coefficient (Wildman–Crippen LogP) is 2.72. The Balaban J connectivity index is 2.73. The number of hydrogen-bond acceptors (Lipinski definition) is 1. The molecule has 0 unspecified atom stereocenters. The molecule has 52 valence electrons. The molecule has 2 rings (SSSR count). The summed E-state index contributed by atoms with van der Waals surface area (Å²) in [6.07, 6.45) is 0. The van der Waals surface area contributed by atoms with Crippen LogP contribution in [0.2, 0.25) is 0 Å². The van der Waals surface area contributed by atoms with Crippen LogP contribution in [-0.2, 0) is 0 Å². The van der Waals surface area contributed by atoms with Gasteiger partial charge in [-0.25, -0.2) is 0 Å². The summed E-state index contributed by atoms with van der Waals surface area (Å²) in [4.78, 5) is 0. The Morgan fingerprint density at radius 2 is 1.80 bits per heavy atom. The van der Waals surface area contributed by atoms with E-state index in [0.29, 0.717) is 0 Å². The molecule has 0 aliphatic carbocycles. The van der Waals surface area contributed by atoms with E-state index in [-0.39, 0.29) is 0 Å². The van der Waals surface area contributed by atoms with Crippen LogP contribution in [0.25, 0.3) is 0 Å². The van der Waals surface area contributed by atoms with Crippen molar-refractivity contribution >= 4 is 0 Å². The quantitative estimate of drug-likeness (QED) is 0.505. The van der Waals surface area contributed by atoms with Crippen LogP contribution in [0.1, 0.15) is 16.7 Å². The largest absolute Gasteiger partial charge is 0.449 e. The topological polar surface area (TPSA) is 12.5 Å². The molecule has 1 heterocycles. The predicted molar refractivity (Wildman–Crippen MR) is 40.7 cm³/mol.